The van der Waals surface area contributed by atoms with Crippen LogP contribution in [0.25, 0.3) is 0 Å². The molecule has 0 aliphatic carbocycles. The quantitative estimate of drug-likeness (QED) is 0.829. The highest BCUT2D eigenvalue weighted by Crippen LogP contribution is 2.30. The molecule has 1 heterocycles. The first kappa shape index (κ1) is 18.9. The minimum atomic E-state index is -1.52. The number of nitrogens with one attached hydrogen (secondary N) is 1. The van der Waals surface area contributed by atoms with Gasteiger partial charge < -0.3 is 10.2 Å². The average molecular weight is 349 g/mol. The molecule has 1 aliphatic rings. The molecule has 1 N–H and O–H groups in total. The van der Waals surface area contributed by atoms with Gasteiger partial charge in [0, 0.05) is 17.6 Å². The van der Waals surface area contributed by atoms with Crippen LogP contribution in [0, 0.1) is 5.82 Å². The SMILES string of the molecule is CC(C)N(C(=O)CN1C(=O)N[C@@](C)(c2ccccc2F)C1=O)C(C)C. The lowest BCUT2D eigenvalue weighted by Crippen LogP contribution is -2.49. The summed E-state index contributed by atoms with van der Waals surface area (Å²) in [6.45, 7) is 8.55. The first-order valence-corrected chi connectivity index (χ1v) is 8.30. The molecule has 1 aliphatic heterocycles. The molecule has 0 radical (unpaired) electrons. The van der Waals surface area contributed by atoms with Crippen LogP contribution in [0.2, 0.25) is 0 Å². The van der Waals surface area contributed by atoms with Crippen molar-refractivity contribution in [2.45, 2.75) is 52.2 Å². The zero-order valence-corrected chi connectivity index (χ0v) is 15.2. The van der Waals surface area contributed by atoms with Crippen LogP contribution in [0.5, 0.6) is 0 Å². The average Bonchev–Trinajstić information content (AvgIpc) is 2.71. The third-order valence-electron chi connectivity index (χ3n) is 4.38. The Morgan fingerprint density at radius 3 is 2.28 bits per heavy atom. The summed E-state index contributed by atoms with van der Waals surface area (Å²) in [7, 11) is 0. The highest BCUT2D eigenvalue weighted by molar-refractivity contribution is 6.09. The van der Waals surface area contributed by atoms with Crippen molar-refractivity contribution in [3.63, 3.8) is 0 Å². The molecule has 1 atom stereocenters. The lowest BCUT2D eigenvalue weighted by molar-refractivity contribution is -0.141. The molecular formula is C18H24FN3O3. The predicted octanol–water partition coefficient (Wildman–Crippen LogP) is 2.24. The Morgan fingerprint density at radius 1 is 1.20 bits per heavy atom. The minimum Gasteiger partial charge on any atom is -0.336 e. The van der Waals surface area contributed by atoms with Crippen molar-refractivity contribution in [3.05, 3.63) is 35.6 Å². The number of hydrogen-bond acceptors (Lipinski definition) is 3. The van der Waals surface area contributed by atoms with E-state index in [1.54, 1.807) is 11.0 Å². The third-order valence-corrected chi connectivity index (χ3v) is 4.38. The number of amides is 4. The molecule has 0 aromatic heterocycles. The third kappa shape index (κ3) is 3.36. The zero-order valence-electron chi connectivity index (χ0n) is 15.2. The van der Waals surface area contributed by atoms with E-state index in [4.69, 9.17) is 0 Å². The summed E-state index contributed by atoms with van der Waals surface area (Å²) < 4.78 is 14.1. The number of carbonyl (C=O) groups excluding carboxylic acids is 3. The van der Waals surface area contributed by atoms with Crippen LogP contribution in [0.15, 0.2) is 24.3 Å². The van der Waals surface area contributed by atoms with Gasteiger partial charge in [-0.05, 0) is 40.7 Å². The second kappa shape index (κ2) is 6.82. The Morgan fingerprint density at radius 2 is 1.76 bits per heavy atom. The Kier molecular flexibility index (Phi) is 5.15. The highest BCUT2D eigenvalue weighted by atomic mass is 19.1. The molecule has 0 spiro atoms. The van der Waals surface area contributed by atoms with Crippen LogP contribution in [0.4, 0.5) is 9.18 Å². The van der Waals surface area contributed by atoms with Crippen molar-refractivity contribution in [2.24, 2.45) is 0 Å². The van der Waals surface area contributed by atoms with Gasteiger partial charge in [-0.25, -0.2) is 9.18 Å². The number of hydrogen-bond donors (Lipinski definition) is 1. The van der Waals surface area contributed by atoms with Gasteiger partial charge in [0.2, 0.25) is 5.91 Å². The second-order valence-electron chi connectivity index (χ2n) is 6.91. The zero-order chi connectivity index (χ0) is 18.9. The van der Waals surface area contributed by atoms with E-state index >= 15 is 0 Å². The number of carbonyl (C=O) groups is 3. The Hall–Kier alpha value is -2.44. The first-order valence-electron chi connectivity index (χ1n) is 8.30. The summed E-state index contributed by atoms with van der Waals surface area (Å²) >= 11 is 0. The lowest BCUT2D eigenvalue weighted by atomic mass is 9.91. The number of rotatable bonds is 5. The normalized spacial score (nSPS) is 20.4. The van der Waals surface area contributed by atoms with E-state index in [1.807, 2.05) is 27.7 Å². The maximum absolute atomic E-state index is 14.1. The Balaban J connectivity index is 2.27. The molecule has 1 aromatic rings. The van der Waals surface area contributed by atoms with Gasteiger partial charge >= 0.3 is 6.03 Å². The van der Waals surface area contributed by atoms with Crippen molar-refractivity contribution in [1.29, 1.82) is 0 Å². The molecular weight excluding hydrogens is 325 g/mol. The Bertz CT molecular complexity index is 697. The van der Waals surface area contributed by atoms with Gasteiger partial charge in [-0.3, -0.25) is 14.5 Å². The second-order valence-corrected chi connectivity index (χ2v) is 6.91. The molecule has 25 heavy (non-hydrogen) atoms. The van der Waals surface area contributed by atoms with Gasteiger partial charge in [-0.2, -0.15) is 0 Å². The van der Waals surface area contributed by atoms with Crippen molar-refractivity contribution < 1.29 is 18.8 Å². The van der Waals surface area contributed by atoms with Crippen LogP contribution in [0.3, 0.4) is 0 Å². The number of benzene rings is 1. The molecule has 6 nitrogen and oxygen atoms in total. The van der Waals surface area contributed by atoms with Gasteiger partial charge in [0.05, 0.1) is 0 Å². The van der Waals surface area contributed by atoms with E-state index in [-0.39, 0.29) is 30.1 Å². The van der Waals surface area contributed by atoms with Crippen molar-refractivity contribution in [2.75, 3.05) is 6.54 Å². The molecule has 2 rings (SSSR count). The fourth-order valence-corrected chi connectivity index (χ4v) is 3.28. The van der Waals surface area contributed by atoms with Gasteiger partial charge in [-0.1, -0.05) is 18.2 Å². The maximum Gasteiger partial charge on any atom is 0.325 e. The first-order chi connectivity index (χ1) is 11.6. The van der Waals surface area contributed by atoms with Crippen molar-refractivity contribution in [1.82, 2.24) is 15.1 Å². The van der Waals surface area contributed by atoms with E-state index in [1.165, 1.54) is 25.1 Å². The Labute approximate surface area is 147 Å². The van der Waals surface area contributed by atoms with Gasteiger partial charge in [0.15, 0.2) is 0 Å². The van der Waals surface area contributed by atoms with Crippen LogP contribution >= 0.6 is 0 Å². The van der Waals surface area contributed by atoms with Crippen LogP contribution < -0.4 is 5.32 Å². The fraction of sp³-hybridized carbons (Fsp3) is 0.500. The highest BCUT2D eigenvalue weighted by Gasteiger charge is 2.51. The van der Waals surface area contributed by atoms with Crippen LogP contribution in [0.1, 0.15) is 40.2 Å². The van der Waals surface area contributed by atoms with Gasteiger partial charge in [0.25, 0.3) is 5.91 Å². The van der Waals surface area contributed by atoms with Crippen molar-refractivity contribution >= 4 is 17.8 Å². The predicted molar refractivity (Wildman–Crippen MR) is 91.1 cm³/mol. The van der Waals surface area contributed by atoms with E-state index in [2.05, 4.69) is 5.32 Å². The molecule has 0 unspecified atom stereocenters. The fourth-order valence-electron chi connectivity index (χ4n) is 3.28. The minimum absolute atomic E-state index is 0.0637. The smallest absolute Gasteiger partial charge is 0.325 e. The summed E-state index contributed by atoms with van der Waals surface area (Å²) in [5.41, 5.74) is -1.45. The molecule has 0 saturated carbocycles. The van der Waals surface area contributed by atoms with Crippen LogP contribution in [-0.4, -0.2) is 46.3 Å². The topological polar surface area (TPSA) is 69.7 Å². The molecule has 4 amide bonds. The summed E-state index contributed by atoms with van der Waals surface area (Å²) in [5, 5.41) is 2.52. The summed E-state index contributed by atoms with van der Waals surface area (Å²) in [5.74, 6) is -1.55. The molecule has 1 saturated heterocycles. The van der Waals surface area contributed by atoms with Crippen LogP contribution in [-0.2, 0) is 15.1 Å². The van der Waals surface area contributed by atoms with E-state index < -0.39 is 23.3 Å². The number of imide groups is 1. The maximum atomic E-state index is 14.1. The van der Waals surface area contributed by atoms with E-state index in [0.29, 0.717) is 0 Å². The largest absolute Gasteiger partial charge is 0.336 e. The monoisotopic (exact) mass is 349 g/mol. The molecule has 136 valence electrons. The summed E-state index contributed by atoms with van der Waals surface area (Å²) in [6, 6.07) is 4.96. The van der Waals surface area contributed by atoms with Crippen molar-refractivity contribution in [3.8, 4) is 0 Å². The van der Waals surface area contributed by atoms with E-state index in [0.717, 1.165) is 4.90 Å². The molecule has 7 heteroatoms. The number of urea groups is 1. The molecule has 0 bridgehead atoms. The lowest BCUT2D eigenvalue weighted by Gasteiger charge is -2.32. The number of halogens is 1. The standard InChI is InChI=1S/C18H24FN3O3/c1-11(2)22(12(3)4)15(23)10-21-16(24)18(5,20-17(21)25)13-8-6-7-9-14(13)19/h6-9,11-12H,10H2,1-5H3,(H,20,25)/t18-/m0/s1. The summed E-state index contributed by atoms with van der Waals surface area (Å²) in [4.78, 5) is 40.1. The number of nitrogens with zero attached hydrogens (tertiary/aromatic N) is 2. The molecule has 1 aromatic carbocycles. The van der Waals surface area contributed by atoms with E-state index in [9.17, 15) is 18.8 Å². The molecule has 1 fully saturated rings. The van der Waals surface area contributed by atoms with Gasteiger partial charge in [-0.15, -0.1) is 0 Å². The summed E-state index contributed by atoms with van der Waals surface area (Å²) in [6.07, 6.45) is 0. The van der Waals surface area contributed by atoms with Gasteiger partial charge in [0.1, 0.15) is 17.9 Å².